The number of hydrogen-bond donors (Lipinski definition) is 2. The molecule has 23 heavy (non-hydrogen) atoms. The first kappa shape index (κ1) is 15.2. The second-order valence-electron chi connectivity index (χ2n) is 5.21. The number of aromatic nitrogens is 1. The Kier molecular flexibility index (Phi) is 4.08. The highest BCUT2D eigenvalue weighted by Crippen LogP contribution is 2.21. The summed E-state index contributed by atoms with van der Waals surface area (Å²) < 4.78 is 0. The molecule has 5 nitrogen and oxygen atoms in total. The molecule has 116 valence electrons. The van der Waals surface area contributed by atoms with Gasteiger partial charge < -0.3 is 11.1 Å². The molecule has 6 heteroatoms. The van der Waals surface area contributed by atoms with Crippen molar-refractivity contribution >= 4 is 40.1 Å². The Hall–Kier alpha value is -2.73. The van der Waals surface area contributed by atoms with Gasteiger partial charge in [0.15, 0.2) is 6.29 Å². The largest absolute Gasteiger partial charge is 0.383 e. The highest BCUT2D eigenvalue weighted by Gasteiger charge is 2.12. The van der Waals surface area contributed by atoms with Crippen molar-refractivity contribution in [1.82, 2.24) is 10.3 Å². The number of fused-ring (bicyclic) bond motifs is 1. The summed E-state index contributed by atoms with van der Waals surface area (Å²) in [5.74, 6) is 0.314. The molecule has 0 radical (unpaired) electrons. The van der Waals surface area contributed by atoms with E-state index in [2.05, 4.69) is 10.3 Å². The first-order chi connectivity index (χ1) is 11.1. The molecule has 3 rings (SSSR count). The maximum absolute atomic E-state index is 12.2. The molecule has 3 N–H and O–H groups in total. The van der Waals surface area contributed by atoms with Crippen molar-refractivity contribution in [1.29, 1.82) is 0 Å². The number of nitrogens with zero attached hydrogens (tertiary/aromatic N) is 1. The van der Waals surface area contributed by atoms with Crippen molar-refractivity contribution < 1.29 is 9.59 Å². The summed E-state index contributed by atoms with van der Waals surface area (Å²) in [6, 6.07) is 9.41. The molecule has 2 aromatic heterocycles. The number of anilines is 1. The average molecular weight is 325 g/mol. The third kappa shape index (κ3) is 3.07. The summed E-state index contributed by atoms with van der Waals surface area (Å²) in [5.41, 5.74) is 7.62. The minimum Gasteiger partial charge on any atom is -0.383 e. The van der Waals surface area contributed by atoms with E-state index < -0.39 is 0 Å². The number of thiophene rings is 1. The molecule has 0 aliphatic carbocycles. The number of nitrogen functional groups attached to an aromatic ring is 1. The minimum atomic E-state index is -0.180. The average Bonchev–Trinajstić information content (AvgIpc) is 2.94. The molecular formula is C17H15N3O2S. The van der Waals surface area contributed by atoms with Gasteiger partial charge in [-0.15, -0.1) is 11.3 Å². The number of nitrogens with one attached hydrogen (secondary N) is 1. The van der Waals surface area contributed by atoms with E-state index >= 15 is 0 Å². The maximum Gasteiger partial charge on any atom is 0.261 e. The Bertz CT molecular complexity index is 902. The maximum atomic E-state index is 12.2. The molecule has 0 spiro atoms. The molecular weight excluding hydrogens is 310 g/mol. The van der Waals surface area contributed by atoms with E-state index in [0.29, 0.717) is 22.1 Å². The fourth-order valence-corrected chi connectivity index (χ4v) is 3.26. The Morgan fingerprint density at radius 2 is 2.17 bits per heavy atom. The molecule has 2 heterocycles. The summed E-state index contributed by atoms with van der Waals surface area (Å²) in [6.07, 6.45) is 2.44. The van der Waals surface area contributed by atoms with E-state index in [4.69, 9.17) is 5.73 Å². The SMILES string of the molecule is Cc1cc(C(=O)NCc2ccc3c(N)nccc3c2)sc1C=O. The van der Waals surface area contributed by atoms with E-state index in [1.165, 1.54) is 11.3 Å². The number of benzene rings is 1. The zero-order chi connectivity index (χ0) is 16.4. The van der Waals surface area contributed by atoms with Crippen LogP contribution in [0.2, 0.25) is 0 Å². The minimum absolute atomic E-state index is 0.180. The Morgan fingerprint density at radius 1 is 1.35 bits per heavy atom. The van der Waals surface area contributed by atoms with Crippen LogP contribution in [0.25, 0.3) is 10.8 Å². The Balaban J connectivity index is 1.74. The Morgan fingerprint density at radius 3 is 2.91 bits per heavy atom. The van der Waals surface area contributed by atoms with E-state index in [9.17, 15) is 9.59 Å². The number of amides is 1. The second kappa shape index (κ2) is 6.18. The second-order valence-corrected chi connectivity index (χ2v) is 6.29. The summed E-state index contributed by atoms with van der Waals surface area (Å²) >= 11 is 1.20. The number of rotatable bonds is 4. The van der Waals surface area contributed by atoms with E-state index in [0.717, 1.165) is 28.2 Å². The van der Waals surface area contributed by atoms with Crippen molar-refractivity contribution in [3.63, 3.8) is 0 Å². The lowest BCUT2D eigenvalue weighted by molar-refractivity contribution is 0.0954. The molecule has 0 aliphatic rings. The van der Waals surface area contributed by atoms with Crippen LogP contribution in [-0.4, -0.2) is 17.2 Å². The van der Waals surface area contributed by atoms with E-state index in [1.54, 1.807) is 12.3 Å². The van der Waals surface area contributed by atoms with Gasteiger partial charge >= 0.3 is 0 Å². The van der Waals surface area contributed by atoms with Crippen LogP contribution in [0.3, 0.4) is 0 Å². The topological polar surface area (TPSA) is 85.1 Å². The number of aldehydes is 1. The highest BCUT2D eigenvalue weighted by molar-refractivity contribution is 7.15. The van der Waals surface area contributed by atoms with Gasteiger partial charge in [-0.05, 0) is 41.6 Å². The van der Waals surface area contributed by atoms with Crippen LogP contribution in [0.5, 0.6) is 0 Å². The van der Waals surface area contributed by atoms with E-state index in [1.807, 2.05) is 31.2 Å². The van der Waals surface area contributed by atoms with Crippen LogP contribution in [0.15, 0.2) is 36.5 Å². The zero-order valence-corrected chi connectivity index (χ0v) is 13.3. The molecule has 0 unspecified atom stereocenters. The van der Waals surface area contributed by atoms with Crippen LogP contribution in [0.1, 0.15) is 30.5 Å². The lowest BCUT2D eigenvalue weighted by Crippen LogP contribution is -2.21. The van der Waals surface area contributed by atoms with Gasteiger partial charge in [0.25, 0.3) is 5.91 Å². The predicted molar refractivity (Wildman–Crippen MR) is 91.8 cm³/mol. The van der Waals surface area contributed by atoms with Crippen molar-refractivity contribution in [2.75, 3.05) is 5.73 Å². The summed E-state index contributed by atoms with van der Waals surface area (Å²) in [6.45, 7) is 2.23. The van der Waals surface area contributed by atoms with Crippen LogP contribution in [0, 0.1) is 6.92 Å². The van der Waals surface area contributed by atoms with Gasteiger partial charge in [0.1, 0.15) is 5.82 Å². The molecule has 0 saturated carbocycles. The van der Waals surface area contributed by atoms with Crippen LogP contribution < -0.4 is 11.1 Å². The lowest BCUT2D eigenvalue weighted by Gasteiger charge is -2.06. The van der Waals surface area contributed by atoms with Crippen LogP contribution in [-0.2, 0) is 6.54 Å². The molecule has 3 aromatic rings. The number of carbonyl (C=O) groups excluding carboxylic acids is 2. The quantitative estimate of drug-likeness (QED) is 0.722. The molecule has 1 aromatic carbocycles. The van der Waals surface area contributed by atoms with Crippen molar-refractivity contribution in [3.05, 3.63) is 57.4 Å². The molecule has 0 atom stereocenters. The standard InChI is InChI=1S/C17H15N3O2S/c1-10-6-14(23-15(10)9-21)17(22)20-8-11-2-3-13-12(7-11)4-5-19-16(13)18/h2-7,9H,8H2,1H3,(H2,18,19)(H,20,22). The molecule has 0 fully saturated rings. The third-order valence-electron chi connectivity index (χ3n) is 3.60. The fourth-order valence-electron chi connectivity index (χ4n) is 2.36. The fraction of sp³-hybridized carbons (Fsp3) is 0.118. The van der Waals surface area contributed by atoms with Crippen molar-refractivity contribution in [2.24, 2.45) is 0 Å². The first-order valence-corrected chi connectivity index (χ1v) is 7.87. The number of nitrogens with two attached hydrogens (primary N) is 1. The monoisotopic (exact) mass is 325 g/mol. The molecule has 0 aliphatic heterocycles. The van der Waals surface area contributed by atoms with Gasteiger partial charge in [-0.2, -0.15) is 0 Å². The Labute approximate surface area is 137 Å². The van der Waals surface area contributed by atoms with Crippen LogP contribution in [0.4, 0.5) is 5.82 Å². The van der Waals surface area contributed by atoms with Crippen molar-refractivity contribution in [3.8, 4) is 0 Å². The smallest absolute Gasteiger partial charge is 0.261 e. The number of pyridine rings is 1. The van der Waals surface area contributed by atoms with Gasteiger partial charge in [-0.3, -0.25) is 9.59 Å². The van der Waals surface area contributed by atoms with Crippen molar-refractivity contribution in [2.45, 2.75) is 13.5 Å². The number of hydrogen-bond acceptors (Lipinski definition) is 5. The molecule has 1 amide bonds. The highest BCUT2D eigenvalue weighted by atomic mass is 32.1. The van der Waals surface area contributed by atoms with Gasteiger partial charge in [-0.25, -0.2) is 4.98 Å². The number of carbonyl (C=O) groups is 2. The summed E-state index contributed by atoms with van der Waals surface area (Å²) in [7, 11) is 0. The van der Waals surface area contributed by atoms with Gasteiger partial charge in [0.05, 0.1) is 9.75 Å². The lowest BCUT2D eigenvalue weighted by atomic mass is 10.1. The normalized spacial score (nSPS) is 10.7. The van der Waals surface area contributed by atoms with Gasteiger partial charge in [0.2, 0.25) is 0 Å². The summed E-state index contributed by atoms with van der Waals surface area (Å²) in [5, 5.41) is 4.75. The predicted octanol–water partition coefficient (Wildman–Crippen LogP) is 2.93. The van der Waals surface area contributed by atoms with E-state index in [-0.39, 0.29) is 5.91 Å². The number of aryl methyl sites for hydroxylation is 1. The third-order valence-corrected chi connectivity index (χ3v) is 4.76. The summed E-state index contributed by atoms with van der Waals surface area (Å²) in [4.78, 5) is 28.2. The zero-order valence-electron chi connectivity index (χ0n) is 12.5. The van der Waals surface area contributed by atoms with Crippen LogP contribution >= 0.6 is 11.3 Å². The molecule has 0 bridgehead atoms. The first-order valence-electron chi connectivity index (χ1n) is 7.05. The molecule has 0 saturated heterocycles. The van der Waals surface area contributed by atoms with Gasteiger partial charge in [0, 0.05) is 18.1 Å². The van der Waals surface area contributed by atoms with Gasteiger partial charge in [-0.1, -0.05) is 12.1 Å².